The molecule has 1 aromatic heterocycles. The van der Waals surface area contributed by atoms with Crippen molar-refractivity contribution in [3.05, 3.63) is 65.7 Å². The minimum Gasteiger partial charge on any atom is -0.356 e. The second kappa shape index (κ2) is 8.08. The van der Waals surface area contributed by atoms with Crippen LogP contribution in [0.2, 0.25) is 0 Å². The summed E-state index contributed by atoms with van der Waals surface area (Å²) in [6.07, 6.45) is 0.821. The van der Waals surface area contributed by atoms with Crippen molar-refractivity contribution >= 4 is 16.9 Å². The molecule has 2 heterocycles. The number of aryl methyl sites for hydroxylation is 2. The summed E-state index contributed by atoms with van der Waals surface area (Å²) in [6, 6.07) is 14.2. The molecule has 7 heteroatoms. The van der Waals surface area contributed by atoms with E-state index in [9.17, 15) is 9.18 Å². The third-order valence-corrected chi connectivity index (χ3v) is 5.25. The molecule has 0 aliphatic carbocycles. The number of imidazole rings is 1. The van der Waals surface area contributed by atoms with Gasteiger partial charge in [0.15, 0.2) is 0 Å². The molecular formula is C21H24FN5O. The molecule has 2 atom stereocenters. The van der Waals surface area contributed by atoms with Gasteiger partial charge >= 0.3 is 0 Å². The normalized spacial score (nSPS) is 19.2. The molecule has 1 amide bonds. The van der Waals surface area contributed by atoms with Crippen LogP contribution in [0, 0.1) is 18.7 Å². The van der Waals surface area contributed by atoms with Gasteiger partial charge in [-0.25, -0.2) is 14.8 Å². The quantitative estimate of drug-likeness (QED) is 0.574. The van der Waals surface area contributed by atoms with E-state index in [1.54, 1.807) is 12.1 Å². The number of halogens is 1. The second-order valence-electron chi connectivity index (χ2n) is 7.10. The maximum atomic E-state index is 13.2. The van der Waals surface area contributed by atoms with Gasteiger partial charge in [-0.15, -0.1) is 0 Å². The zero-order valence-electron chi connectivity index (χ0n) is 15.8. The summed E-state index contributed by atoms with van der Waals surface area (Å²) < 4.78 is 15.3. The molecule has 6 nitrogen and oxygen atoms in total. The lowest BCUT2D eigenvalue weighted by Gasteiger charge is -2.18. The lowest BCUT2D eigenvalue weighted by molar-refractivity contribution is -0.124. The highest BCUT2D eigenvalue weighted by molar-refractivity contribution is 5.80. The number of amides is 1. The first-order chi connectivity index (χ1) is 13.6. The molecule has 0 bridgehead atoms. The molecule has 1 aliphatic heterocycles. The molecule has 1 aliphatic rings. The van der Waals surface area contributed by atoms with Crippen molar-refractivity contribution in [2.45, 2.75) is 25.9 Å². The third-order valence-electron chi connectivity index (χ3n) is 5.25. The predicted octanol–water partition coefficient (Wildman–Crippen LogP) is 2.46. The first kappa shape index (κ1) is 18.6. The Morgan fingerprint density at radius 2 is 2.04 bits per heavy atom. The minimum atomic E-state index is -0.280. The molecule has 1 saturated heterocycles. The van der Waals surface area contributed by atoms with Gasteiger partial charge in [-0.2, -0.15) is 0 Å². The van der Waals surface area contributed by atoms with Crippen molar-refractivity contribution in [3.8, 4) is 0 Å². The van der Waals surface area contributed by atoms with Crippen LogP contribution in [0.25, 0.3) is 11.0 Å². The van der Waals surface area contributed by atoms with Crippen LogP contribution in [0.3, 0.4) is 0 Å². The number of hydrogen-bond acceptors (Lipinski definition) is 4. The first-order valence-electron chi connectivity index (χ1n) is 9.57. The topological polar surface area (TPSA) is 71.0 Å². The Bertz CT molecular complexity index is 969. The molecular weight excluding hydrogens is 357 g/mol. The average molecular weight is 381 g/mol. The van der Waals surface area contributed by atoms with E-state index in [0.29, 0.717) is 13.1 Å². The predicted molar refractivity (Wildman–Crippen MR) is 106 cm³/mol. The van der Waals surface area contributed by atoms with Gasteiger partial charge in [0, 0.05) is 19.6 Å². The smallest absolute Gasteiger partial charge is 0.226 e. The Labute approximate surface area is 163 Å². The number of para-hydroxylation sites is 2. The molecule has 1 fully saturated rings. The fourth-order valence-electron chi connectivity index (χ4n) is 3.79. The van der Waals surface area contributed by atoms with Crippen LogP contribution < -0.4 is 16.2 Å². The molecule has 146 valence electrons. The maximum absolute atomic E-state index is 13.2. The van der Waals surface area contributed by atoms with Gasteiger partial charge in [0.25, 0.3) is 0 Å². The van der Waals surface area contributed by atoms with E-state index in [0.717, 1.165) is 35.4 Å². The van der Waals surface area contributed by atoms with Crippen molar-refractivity contribution in [1.29, 1.82) is 0 Å². The van der Waals surface area contributed by atoms with Gasteiger partial charge in [-0.05, 0) is 43.2 Å². The minimum absolute atomic E-state index is 0.000892. The number of rotatable bonds is 6. The van der Waals surface area contributed by atoms with Crippen molar-refractivity contribution < 1.29 is 9.18 Å². The van der Waals surface area contributed by atoms with E-state index >= 15 is 0 Å². The summed E-state index contributed by atoms with van der Waals surface area (Å²) >= 11 is 0. The van der Waals surface area contributed by atoms with Gasteiger partial charge in [-0.1, -0.05) is 24.3 Å². The van der Waals surface area contributed by atoms with Crippen LogP contribution >= 0.6 is 0 Å². The largest absolute Gasteiger partial charge is 0.356 e. The van der Waals surface area contributed by atoms with E-state index in [-0.39, 0.29) is 23.7 Å². The lowest BCUT2D eigenvalue weighted by Crippen LogP contribution is -2.35. The molecule has 0 radical (unpaired) electrons. The van der Waals surface area contributed by atoms with Crippen LogP contribution in [0.1, 0.15) is 23.9 Å². The van der Waals surface area contributed by atoms with Crippen molar-refractivity contribution in [2.24, 2.45) is 5.92 Å². The summed E-state index contributed by atoms with van der Waals surface area (Å²) in [6.45, 7) is 3.94. The molecule has 0 saturated carbocycles. The highest BCUT2D eigenvalue weighted by Gasteiger charge is 2.33. The van der Waals surface area contributed by atoms with E-state index in [2.05, 4.69) is 31.8 Å². The van der Waals surface area contributed by atoms with Crippen molar-refractivity contribution in [1.82, 2.24) is 25.7 Å². The number of hydrogen-bond donors (Lipinski definition) is 3. The number of aromatic nitrogens is 2. The van der Waals surface area contributed by atoms with Crippen molar-refractivity contribution in [3.63, 3.8) is 0 Å². The number of nitrogens with zero attached hydrogens (tertiary/aromatic N) is 2. The van der Waals surface area contributed by atoms with Gasteiger partial charge < -0.3 is 9.88 Å². The van der Waals surface area contributed by atoms with E-state index in [1.807, 2.05) is 25.1 Å². The van der Waals surface area contributed by atoms with Gasteiger partial charge in [0.1, 0.15) is 11.6 Å². The van der Waals surface area contributed by atoms with Gasteiger partial charge in [0.05, 0.1) is 23.0 Å². The number of hydrazine groups is 1. The van der Waals surface area contributed by atoms with Crippen LogP contribution in [-0.4, -0.2) is 28.5 Å². The Kier molecular flexibility index (Phi) is 5.36. The molecule has 0 spiro atoms. The summed E-state index contributed by atoms with van der Waals surface area (Å²) in [5.41, 5.74) is 9.17. The number of carbonyl (C=O) groups excluding carboxylic acids is 1. The van der Waals surface area contributed by atoms with Crippen LogP contribution in [0.15, 0.2) is 48.5 Å². The summed E-state index contributed by atoms with van der Waals surface area (Å²) in [7, 11) is 0. The zero-order chi connectivity index (χ0) is 19.5. The maximum Gasteiger partial charge on any atom is 0.226 e. The zero-order valence-corrected chi connectivity index (χ0v) is 15.8. The average Bonchev–Trinajstić information content (AvgIpc) is 3.30. The first-order valence-corrected chi connectivity index (χ1v) is 9.57. The second-order valence-corrected chi connectivity index (χ2v) is 7.10. The SMILES string of the molecule is Cc1nc2ccccc2n1CCCNC(=O)C1CNNC1c1ccc(F)cc1. The Hall–Kier alpha value is -2.77. The van der Waals surface area contributed by atoms with Crippen molar-refractivity contribution in [2.75, 3.05) is 13.1 Å². The Balaban J connectivity index is 1.32. The molecule has 3 aromatic rings. The van der Waals surface area contributed by atoms with Crippen LogP contribution in [0.4, 0.5) is 4.39 Å². The van der Waals surface area contributed by atoms with Crippen LogP contribution in [0.5, 0.6) is 0 Å². The summed E-state index contributed by atoms with van der Waals surface area (Å²) in [5, 5.41) is 3.04. The lowest BCUT2D eigenvalue weighted by atomic mass is 9.94. The molecule has 28 heavy (non-hydrogen) atoms. The number of carbonyl (C=O) groups is 1. The Morgan fingerprint density at radius 1 is 1.25 bits per heavy atom. The highest BCUT2D eigenvalue weighted by atomic mass is 19.1. The summed E-state index contributed by atoms with van der Waals surface area (Å²) in [5.74, 6) is 0.464. The van der Waals surface area contributed by atoms with Gasteiger partial charge in [-0.3, -0.25) is 10.2 Å². The highest BCUT2D eigenvalue weighted by Crippen LogP contribution is 2.25. The molecule has 2 unspecified atom stereocenters. The fraction of sp³-hybridized carbons (Fsp3) is 0.333. The molecule has 3 N–H and O–H groups in total. The van der Waals surface area contributed by atoms with E-state index < -0.39 is 0 Å². The Morgan fingerprint density at radius 3 is 2.86 bits per heavy atom. The standard InChI is InChI=1S/C21H24FN5O/c1-14-25-18-5-2-3-6-19(18)27(14)12-4-11-23-21(28)17-13-24-26-20(17)15-7-9-16(22)10-8-15/h2-3,5-10,17,20,24,26H,4,11-13H2,1H3,(H,23,28). The number of fused-ring (bicyclic) bond motifs is 1. The van der Waals surface area contributed by atoms with Crippen LogP contribution in [-0.2, 0) is 11.3 Å². The third kappa shape index (κ3) is 3.76. The monoisotopic (exact) mass is 381 g/mol. The molecule has 2 aromatic carbocycles. The molecule has 4 rings (SSSR count). The summed E-state index contributed by atoms with van der Waals surface area (Å²) in [4.78, 5) is 17.2. The van der Waals surface area contributed by atoms with E-state index in [1.165, 1.54) is 12.1 Å². The van der Waals surface area contributed by atoms with E-state index in [4.69, 9.17) is 0 Å². The fourth-order valence-corrected chi connectivity index (χ4v) is 3.79. The number of nitrogens with one attached hydrogen (secondary N) is 3. The van der Waals surface area contributed by atoms with Gasteiger partial charge in [0.2, 0.25) is 5.91 Å². The number of benzene rings is 2.